The molecule has 18 heavy (non-hydrogen) atoms. The van der Waals surface area contributed by atoms with Crippen LogP contribution in [0.1, 0.15) is 32.8 Å². The van der Waals surface area contributed by atoms with Crippen molar-refractivity contribution in [2.24, 2.45) is 5.41 Å². The predicted molar refractivity (Wildman–Crippen MR) is 73.2 cm³/mol. The summed E-state index contributed by atoms with van der Waals surface area (Å²) < 4.78 is 4.75. The van der Waals surface area contributed by atoms with Gasteiger partial charge in [-0.05, 0) is 11.0 Å². The SMILES string of the molecule is COC(=O)C[C@@H](NCc1ccccc1)C(C)(C)C. The van der Waals surface area contributed by atoms with Gasteiger partial charge >= 0.3 is 5.97 Å². The Hall–Kier alpha value is -1.35. The van der Waals surface area contributed by atoms with E-state index >= 15 is 0 Å². The van der Waals surface area contributed by atoms with Crippen LogP contribution in [0, 0.1) is 5.41 Å². The lowest BCUT2D eigenvalue weighted by Gasteiger charge is -2.31. The van der Waals surface area contributed by atoms with Crippen molar-refractivity contribution >= 4 is 5.97 Å². The standard InChI is InChI=1S/C15H23NO2/c1-15(2,3)13(10-14(17)18-4)16-11-12-8-6-5-7-9-12/h5-9,13,16H,10-11H2,1-4H3/t13-/m1/s1. The molecule has 1 rings (SSSR count). The summed E-state index contributed by atoms with van der Waals surface area (Å²) in [7, 11) is 1.43. The van der Waals surface area contributed by atoms with Crippen LogP contribution in [0.3, 0.4) is 0 Å². The highest BCUT2D eigenvalue weighted by Gasteiger charge is 2.26. The highest BCUT2D eigenvalue weighted by Crippen LogP contribution is 2.22. The van der Waals surface area contributed by atoms with Crippen LogP contribution >= 0.6 is 0 Å². The number of benzene rings is 1. The third-order valence-corrected chi connectivity index (χ3v) is 3.04. The van der Waals surface area contributed by atoms with E-state index in [1.165, 1.54) is 12.7 Å². The van der Waals surface area contributed by atoms with Gasteiger partial charge in [0.25, 0.3) is 0 Å². The molecule has 0 aliphatic heterocycles. The van der Waals surface area contributed by atoms with E-state index in [0.29, 0.717) is 6.42 Å². The molecule has 0 spiro atoms. The van der Waals surface area contributed by atoms with Gasteiger partial charge in [0.1, 0.15) is 0 Å². The van der Waals surface area contributed by atoms with Crippen molar-refractivity contribution < 1.29 is 9.53 Å². The van der Waals surface area contributed by atoms with E-state index in [4.69, 9.17) is 4.74 Å². The van der Waals surface area contributed by atoms with Gasteiger partial charge in [-0.2, -0.15) is 0 Å². The number of rotatable bonds is 5. The quantitative estimate of drug-likeness (QED) is 0.815. The summed E-state index contributed by atoms with van der Waals surface area (Å²) in [6.07, 6.45) is 0.396. The largest absolute Gasteiger partial charge is 0.469 e. The van der Waals surface area contributed by atoms with E-state index in [2.05, 4.69) is 38.2 Å². The first kappa shape index (κ1) is 14.7. The number of esters is 1. The van der Waals surface area contributed by atoms with E-state index in [9.17, 15) is 4.79 Å². The molecule has 1 aromatic rings. The molecule has 0 unspecified atom stereocenters. The Morgan fingerprint density at radius 2 is 1.89 bits per heavy atom. The Bertz CT molecular complexity index is 368. The Morgan fingerprint density at radius 1 is 1.28 bits per heavy atom. The first-order valence-corrected chi connectivity index (χ1v) is 6.27. The highest BCUT2D eigenvalue weighted by atomic mass is 16.5. The Balaban J connectivity index is 2.59. The number of nitrogens with one attached hydrogen (secondary N) is 1. The van der Waals surface area contributed by atoms with Crippen molar-refractivity contribution in [1.82, 2.24) is 5.32 Å². The fraction of sp³-hybridized carbons (Fsp3) is 0.533. The minimum atomic E-state index is -0.171. The molecule has 0 saturated carbocycles. The molecular weight excluding hydrogens is 226 g/mol. The molecule has 0 saturated heterocycles. The lowest BCUT2D eigenvalue weighted by Crippen LogP contribution is -2.41. The zero-order valence-electron chi connectivity index (χ0n) is 11.7. The van der Waals surface area contributed by atoms with Gasteiger partial charge in [-0.1, -0.05) is 51.1 Å². The van der Waals surface area contributed by atoms with Gasteiger partial charge < -0.3 is 10.1 Å². The first-order valence-electron chi connectivity index (χ1n) is 6.27. The summed E-state index contributed by atoms with van der Waals surface area (Å²) in [5.74, 6) is -0.171. The molecule has 1 N–H and O–H groups in total. The summed E-state index contributed by atoms with van der Waals surface area (Å²) in [4.78, 5) is 11.4. The van der Waals surface area contributed by atoms with Crippen molar-refractivity contribution in [2.45, 2.75) is 39.8 Å². The van der Waals surface area contributed by atoms with E-state index < -0.39 is 0 Å². The van der Waals surface area contributed by atoms with Gasteiger partial charge in [-0.25, -0.2) is 0 Å². The van der Waals surface area contributed by atoms with Crippen LogP contribution in [0.4, 0.5) is 0 Å². The summed E-state index contributed by atoms with van der Waals surface area (Å²) >= 11 is 0. The van der Waals surface area contributed by atoms with Gasteiger partial charge in [0.05, 0.1) is 13.5 Å². The maximum atomic E-state index is 11.4. The number of ether oxygens (including phenoxy) is 1. The second-order valence-corrected chi connectivity index (χ2v) is 5.57. The van der Waals surface area contributed by atoms with Gasteiger partial charge in [0.15, 0.2) is 0 Å². The topological polar surface area (TPSA) is 38.3 Å². The van der Waals surface area contributed by atoms with Crippen LogP contribution < -0.4 is 5.32 Å². The van der Waals surface area contributed by atoms with Crippen LogP contribution in [0.25, 0.3) is 0 Å². The molecule has 1 atom stereocenters. The van der Waals surface area contributed by atoms with Crippen LogP contribution in [-0.4, -0.2) is 19.1 Å². The lowest BCUT2D eigenvalue weighted by atomic mass is 9.84. The smallest absolute Gasteiger partial charge is 0.307 e. The molecule has 0 fully saturated rings. The van der Waals surface area contributed by atoms with Gasteiger partial charge in [0, 0.05) is 12.6 Å². The molecule has 0 heterocycles. The van der Waals surface area contributed by atoms with Gasteiger partial charge in [-0.3, -0.25) is 4.79 Å². The van der Waals surface area contributed by atoms with E-state index in [-0.39, 0.29) is 17.4 Å². The molecule has 0 radical (unpaired) electrons. The fourth-order valence-corrected chi connectivity index (χ4v) is 1.77. The van der Waals surface area contributed by atoms with Crippen LogP contribution in [-0.2, 0) is 16.1 Å². The Labute approximate surface area is 110 Å². The zero-order chi connectivity index (χ0) is 13.6. The van der Waals surface area contributed by atoms with Crippen molar-refractivity contribution in [2.75, 3.05) is 7.11 Å². The number of carbonyl (C=O) groups excluding carboxylic acids is 1. The van der Waals surface area contributed by atoms with E-state index in [0.717, 1.165) is 6.54 Å². The number of methoxy groups -OCH3 is 1. The monoisotopic (exact) mass is 249 g/mol. The minimum absolute atomic E-state index is 0.0168. The third kappa shape index (κ3) is 4.88. The molecular formula is C15H23NO2. The number of hydrogen-bond acceptors (Lipinski definition) is 3. The Morgan fingerprint density at radius 3 is 2.39 bits per heavy atom. The van der Waals surface area contributed by atoms with Gasteiger partial charge in [-0.15, -0.1) is 0 Å². The summed E-state index contributed by atoms with van der Waals surface area (Å²) in [6.45, 7) is 7.13. The molecule has 1 aromatic carbocycles. The molecule has 3 nitrogen and oxygen atoms in total. The lowest BCUT2D eigenvalue weighted by molar-refractivity contribution is -0.141. The molecule has 0 aliphatic carbocycles. The molecule has 0 amide bonds. The fourth-order valence-electron chi connectivity index (χ4n) is 1.77. The van der Waals surface area contributed by atoms with Crippen LogP contribution in [0.2, 0.25) is 0 Å². The molecule has 0 bridgehead atoms. The normalized spacial score (nSPS) is 13.1. The minimum Gasteiger partial charge on any atom is -0.469 e. The number of hydrogen-bond donors (Lipinski definition) is 1. The second-order valence-electron chi connectivity index (χ2n) is 5.57. The predicted octanol–water partition coefficient (Wildman–Crippen LogP) is 2.75. The zero-order valence-corrected chi connectivity index (χ0v) is 11.7. The summed E-state index contributed by atoms with van der Waals surface area (Å²) in [5.41, 5.74) is 1.24. The van der Waals surface area contributed by atoms with Crippen molar-refractivity contribution in [3.63, 3.8) is 0 Å². The molecule has 0 aromatic heterocycles. The number of carbonyl (C=O) groups is 1. The average molecular weight is 249 g/mol. The van der Waals surface area contributed by atoms with Crippen LogP contribution in [0.5, 0.6) is 0 Å². The van der Waals surface area contributed by atoms with Crippen LogP contribution in [0.15, 0.2) is 30.3 Å². The first-order chi connectivity index (χ1) is 8.43. The van der Waals surface area contributed by atoms with E-state index in [1.807, 2.05) is 18.2 Å². The summed E-state index contributed by atoms with van der Waals surface area (Å²) in [5, 5.41) is 3.44. The third-order valence-electron chi connectivity index (χ3n) is 3.04. The summed E-state index contributed by atoms with van der Waals surface area (Å²) in [6, 6.07) is 10.3. The van der Waals surface area contributed by atoms with Crippen molar-refractivity contribution in [3.8, 4) is 0 Å². The maximum Gasteiger partial charge on any atom is 0.307 e. The highest BCUT2D eigenvalue weighted by molar-refractivity contribution is 5.70. The maximum absolute atomic E-state index is 11.4. The van der Waals surface area contributed by atoms with E-state index in [1.54, 1.807) is 0 Å². The van der Waals surface area contributed by atoms with Gasteiger partial charge in [0.2, 0.25) is 0 Å². The van der Waals surface area contributed by atoms with Crippen molar-refractivity contribution in [3.05, 3.63) is 35.9 Å². The molecule has 0 aliphatic rings. The van der Waals surface area contributed by atoms with Crippen molar-refractivity contribution in [1.29, 1.82) is 0 Å². The average Bonchev–Trinajstić information content (AvgIpc) is 2.34. The second kappa shape index (κ2) is 6.55. The molecule has 3 heteroatoms. The Kier molecular flexibility index (Phi) is 5.35. The molecule has 100 valence electrons.